The molecule has 158 valence electrons. The molecule has 1 fully saturated rings. The van der Waals surface area contributed by atoms with E-state index < -0.39 is 23.5 Å². The molecule has 2 heterocycles. The average molecular weight is 426 g/mol. The summed E-state index contributed by atoms with van der Waals surface area (Å²) in [5.74, 6) is -2.26. The van der Waals surface area contributed by atoms with Crippen LogP contribution in [0.3, 0.4) is 0 Å². The van der Waals surface area contributed by atoms with Gasteiger partial charge in [0, 0.05) is 33.9 Å². The summed E-state index contributed by atoms with van der Waals surface area (Å²) in [7, 11) is 0. The summed E-state index contributed by atoms with van der Waals surface area (Å²) >= 11 is 0. The number of rotatable bonds is 3. The average Bonchev–Trinajstić information content (AvgIpc) is 3.33. The van der Waals surface area contributed by atoms with Crippen LogP contribution in [0.25, 0.3) is 16.7 Å². The number of hydrogen-bond acceptors (Lipinski definition) is 3. The molecule has 32 heavy (non-hydrogen) atoms. The Bertz CT molecular complexity index is 1380. The number of nitrogens with one attached hydrogen (secondary N) is 1. The number of Topliss-reactive ketones (excluding diaryl/α,β-unsaturated/α-hetero) is 1. The monoisotopic (exact) mass is 426 g/mol. The molecular weight excluding hydrogens is 407 g/mol. The van der Waals surface area contributed by atoms with E-state index in [-0.39, 0.29) is 11.3 Å². The van der Waals surface area contributed by atoms with Crippen LogP contribution in [0.5, 0.6) is 0 Å². The Morgan fingerprint density at radius 1 is 0.969 bits per heavy atom. The highest BCUT2D eigenvalue weighted by Gasteiger charge is 2.47. The maximum Gasteiger partial charge on any atom is 0.300 e. The highest BCUT2D eigenvalue weighted by molar-refractivity contribution is 6.51. The number of aliphatic hydroxyl groups excluding tert-OH is 1. The zero-order valence-electron chi connectivity index (χ0n) is 17.2. The summed E-state index contributed by atoms with van der Waals surface area (Å²) in [5.41, 5.74) is 3.30. The van der Waals surface area contributed by atoms with Gasteiger partial charge in [0.05, 0.1) is 11.6 Å². The highest BCUT2D eigenvalue weighted by atomic mass is 19.1. The van der Waals surface area contributed by atoms with Crippen LogP contribution in [0.15, 0.2) is 84.6 Å². The Morgan fingerprint density at radius 2 is 1.66 bits per heavy atom. The molecule has 0 radical (unpaired) electrons. The number of aromatic nitrogens is 1. The van der Waals surface area contributed by atoms with Gasteiger partial charge in [-0.2, -0.15) is 0 Å². The number of aliphatic hydroxyl groups is 1. The minimum Gasteiger partial charge on any atom is -0.507 e. The second-order valence-corrected chi connectivity index (χ2v) is 7.80. The third-order valence-corrected chi connectivity index (χ3v) is 5.79. The second-order valence-electron chi connectivity index (χ2n) is 7.80. The molecule has 2 N–H and O–H groups in total. The van der Waals surface area contributed by atoms with Gasteiger partial charge in [0.1, 0.15) is 11.6 Å². The van der Waals surface area contributed by atoms with Gasteiger partial charge in [-0.15, -0.1) is 0 Å². The molecule has 0 spiro atoms. The fraction of sp³-hybridized carbons (Fsp3) is 0.0769. The number of carbonyl (C=O) groups is 2. The van der Waals surface area contributed by atoms with Crippen LogP contribution < -0.4 is 4.90 Å². The molecule has 6 heteroatoms. The molecule has 0 saturated carbocycles. The smallest absolute Gasteiger partial charge is 0.300 e. The number of H-pyrrole nitrogens is 1. The van der Waals surface area contributed by atoms with Crippen molar-refractivity contribution < 1.29 is 19.1 Å². The number of hydrogen-bond donors (Lipinski definition) is 2. The van der Waals surface area contributed by atoms with Crippen LogP contribution in [-0.2, 0) is 9.59 Å². The van der Waals surface area contributed by atoms with Crippen molar-refractivity contribution in [2.45, 2.75) is 13.0 Å². The summed E-state index contributed by atoms with van der Waals surface area (Å²) < 4.78 is 13.6. The molecule has 1 atom stereocenters. The number of para-hydroxylation sites is 1. The Kier molecular flexibility index (Phi) is 4.63. The van der Waals surface area contributed by atoms with Gasteiger partial charge < -0.3 is 10.1 Å². The van der Waals surface area contributed by atoms with Crippen molar-refractivity contribution in [1.29, 1.82) is 0 Å². The van der Waals surface area contributed by atoms with Crippen molar-refractivity contribution in [3.05, 3.63) is 107 Å². The number of amides is 1. The predicted molar refractivity (Wildman–Crippen MR) is 121 cm³/mol. The maximum absolute atomic E-state index is 13.6. The zero-order valence-corrected chi connectivity index (χ0v) is 17.2. The summed E-state index contributed by atoms with van der Waals surface area (Å²) in [6.45, 7) is 1.92. The van der Waals surface area contributed by atoms with Crippen LogP contribution in [-0.4, -0.2) is 21.8 Å². The molecule has 1 aliphatic heterocycles. The number of benzene rings is 3. The van der Waals surface area contributed by atoms with Gasteiger partial charge in [-0.1, -0.05) is 48.0 Å². The first-order valence-electron chi connectivity index (χ1n) is 10.2. The number of halogens is 1. The number of anilines is 1. The van der Waals surface area contributed by atoms with Gasteiger partial charge in [0.2, 0.25) is 0 Å². The van der Waals surface area contributed by atoms with Crippen molar-refractivity contribution in [3.63, 3.8) is 0 Å². The normalized spacial score (nSPS) is 17.9. The minimum absolute atomic E-state index is 0.00655. The van der Waals surface area contributed by atoms with Gasteiger partial charge in [0.15, 0.2) is 0 Å². The van der Waals surface area contributed by atoms with Crippen molar-refractivity contribution in [2.75, 3.05) is 4.90 Å². The molecule has 3 aromatic carbocycles. The van der Waals surface area contributed by atoms with E-state index in [1.807, 2.05) is 43.3 Å². The molecule has 1 aliphatic rings. The molecule has 0 aliphatic carbocycles. The number of ketones is 1. The Hall–Kier alpha value is -4.19. The zero-order chi connectivity index (χ0) is 22.4. The lowest BCUT2D eigenvalue weighted by atomic mass is 9.94. The van der Waals surface area contributed by atoms with E-state index in [4.69, 9.17) is 0 Å². The van der Waals surface area contributed by atoms with Crippen molar-refractivity contribution >= 4 is 34.0 Å². The highest BCUT2D eigenvalue weighted by Crippen LogP contribution is 2.44. The van der Waals surface area contributed by atoms with E-state index in [0.29, 0.717) is 16.8 Å². The molecule has 1 amide bonds. The summed E-state index contributed by atoms with van der Waals surface area (Å²) in [6.07, 6.45) is 1.74. The quantitative estimate of drug-likeness (QED) is 0.267. The van der Waals surface area contributed by atoms with Gasteiger partial charge >= 0.3 is 0 Å². The first-order chi connectivity index (χ1) is 15.5. The van der Waals surface area contributed by atoms with E-state index in [0.717, 1.165) is 16.5 Å². The number of aromatic amines is 1. The Labute approximate surface area is 183 Å². The Balaban J connectivity index is 1.77. The topological polar surface area (TPSA) is 73.4 Å². The summed E-state index contributed by atoms with van der Waals surface area (Å²) in [4.78, 5) is 30.8. The Morgan fingerprint density at radius 3 is 2.38 bits per heavy atom. The molecule has 1 unspecified atom stereocenters. The lowest BCUT2D eigenvalue weighted by molar-refractivity contribution is -0.132. The fourth-order valence-electron chi connectivity index (χ4n) is 4.18. The largest absolute Gasteiger partial charge is 0.507 e. The summed E-state index contributed by atoms with van der Waals surface area (Å²) in [5, 5.41) is 12.0. The van der Waals surface area contributed by atoms with E-state index in [2.05, 4.69) is 4.98 Å². The number of aryl methyl sites for hydroxylation is 1. The van der Waals surface area contributed by atoms with Crippen LogP contribution in [0.1, 0.15) is 22.7 Å². The van der Waals surface area contributed by atoms with E-state index in [1.165, 1.54) is 29.2 Å². The van der Waals surface area contributed by atoms with Crippen LogP contribution in [0, 0.1) is 12.7 Å². The van der Waals surface area contributed by atoms with E-state index >= 15 is 0 Å². The standard InChI is InChI=1S/C26H19FN2O3/c1-15-6-8-16(9-7-15)24(30)22-23(20-14-28-21-5-3-2-4-19(20)21)29(26(32)25(22)31)18-12-10-17(27)11-13-18/h2-14,23,28,30H,1H3/b24-22+. The predicted octanol–water partition coefficient (Wildman–Crippen LogP) is 5.24. The van der Waals surface area contributed by atoms with Crippen molar-refractivity contribution in [1.82, 2.24) is 4.98 Å². The molecule has 4 aromatic rings. The maximum atomic E-state index is 13.6. The van der Waals surface area contributed by atoms with Crippen molar-refractivity contribution in [2.24, 2.45) is 0 Å². The van der Waals surface area contributed by atoms with Crippen molar-refractivity contribution in [3.8, 4) is 0 Å². The van der Waals surface area contributed by atoms with Crippen LogP contribution in [0.2, 0.25) is 0 Å². The number of nitrogens with zero attached hydrogens (tertiary/aromatic N) is 1. The molecule has 0 bridgehead atoms. The van der Waals surface area contributed by atoms with Gasteiger partial charge in [-0.25, -0.2) is 4.39 Å². The third-order valence-electron chi connectivity index (χ3n) is 5.79. The van der Waals surface area contributed by atoms with Gasteiger partial charge in [-0.3, -0.25) is 14.5 Å². The molecule has 1 saturated heterocycles. The van der Waals surface area contributed by atoms with Gasteiger partial charge in [-0.05, 0) is 37.3 Å². The molecule has 5 rings (SSSR count). The first kappa shape index (κ1) is 19.8. The van der Waals surface area contributed by atoms with E-state index in [9.17, 15) is 19.1 Å². The SMILES string of the molecule is Cc1ccc(/C(O)=C2\C(=O)C(=O)N(c3ccc(F)cc3)C2c2c[nH]c3ccccc23)cc1. The fourth-order valence-corrected chi connectivity index (χ4v) is 4.18. The lowest BCUT2D eigenvalue weighted by Gasteiger charge is -2.25. The van der Waals surface area contributed by atoms with Crippen LogP contribution >= 0.6 is 0 Å². The lowest BCUT2D eigenvalue weighted by Crippen LogP contribution is -2.29. The van der Waals surface area contributed by atoms with Crippen LogP contribution in [0.4, 0.5) is 10.1 Å². The summed E-state index contributed by atoms with van der Waals surface area (Å²) in [6, 6.07) is 19.1. The van der Waals surface area contributed by atoms with E-state index in [1.54, 1.807) is 18.3 Å². The molecule has 5 nitrogen and oxygen atoms in total. The van der Waals surface area contributed by atoms with Gasteiger partial charge in [0.25, 0.3) is 11.7 Å². The second kappa shape index (κ2) is 7.50. The number of fused-ring (bicyclic) bond motifs is 1. The first-order valence-corrected chi connectivity index (χ1v) is 10.2. The molecule has 1 aromatic heterocycles. The molecular formula is C26H19FN2O3. The third kappa shape index (κ3) is 3.08. The number of carbonyl (C=O) groups excluding carboxylic acids is 2. The minimum atomic E-state index is -0.877.